The molecule has 1 heterocycles. The molecule has 0 bridgehead atoms. The highest BCUT2D eigenvalue weighted by Crippen LogP contribution is 2.33. The van der Waals surface area contributed by atoms with Crippen LogP contribution in [-0.2, 0) is 4.79 Å². The number of hydrogen-bond acceptors (Lipinski definition) is 4. The molecule has 1 aliphatic rings. The Hall–Kier alpha value is -2.91. The smallest absolute Gasteiger partial charge is 0.331 e. The fourth-order valence-corrected chi connectivity index (χ4v) is 3.00. The van der Waals surface area contributed by atoms with Gasteiger partial charge in [-0.1, -0.05) is 24.3 Å². The van der Waals surface area contributed by atoms with E-state index >= 15 is 0 Å². The number of anilines is 1. The van der Waals surface area contributed by atoms with E-state index in [1.165, 1.54) is 18.9 Å². The fraction of sp³-hybridized carbons (Fsp3) is 0.235. The number of rotatable bonds is 2. The summed E-state index contributed by atoms with van der Waals surface area (Å²) in [4.78, 5) is 27.4. The van der Waals surface area contributed by atoms with Crippen molar-refractivity contribution < 1.29 is 14.7 Å². The minimum atomic E-state index is -0.967. The molecular weight excluding hydrogens is 294 g/mol. The van der Waals surface area contributed by atoms with Crippen molar-refractivity contribution in [1.29, 1.82) is 5.26 Å². The van der Waals surface area contributed by atoms with Crippen molar-refractivity contribution in [2.75, 3.05) is 11.9 Å². The Morgan fingerprint density at radius 3 is 2.39 bits per heavy atom. The number of carbonyl (C=O) groups excluding carboxylic acids is 2. The van der Waals surface area contributed by atoms with Crippen molar-refractivity contribution in [2.24, 2.45) is 0 Å². The summed E-state index contributed by atoms with van der Waals surface area (Å²) in [6, 6.07) is 11.0. The van der Waals surface area contributed by atoms with Crippen LogP contribution in [0.3, 0.4) is 0 Å². The average molecular weight is 309 g/mol. The lowest BCUT2D eigenvalue weighted by Gasteiger charge is -2.17. The second-order valence-corrected chi connectivity index (χ2v) is 5.54. The molecule has 116 valence electrons. The zero-order valence-electron chi connectivity index (χ0n) is 12.7. The summed E-state index contributed by atoms with van der Waals surface area (Å²) in [5, 5.41) is 20.3. The van der Waals surface area contributed by atoms with Gasteiger partial charge in [-0.15, -0.1) is 0 Å². The molecule has 1 fully saturated rings. The molecule has 3 amide bonds. The Morgan fingerprint density at radius 2 is 1.83 bits per heavy atom. The Kier molecular flexibility index (Phi) is 3.51. The molecule has 0 spiro atoms. The number of amides is 3. The number of aliphatic hydroxyl groups is 1. The second kappa shape index (κ2) is 5.38. The van der Waals surface area contributed by atoms with E-state index in [-0.39, 0.29) is 0 Å². The number of nitrogens with zero attached hydrogens (tertiary/aromatic N) is 3. The number of nitriles is 1. The number of likely N-dealkylation sites (N-methyl/N-ethyl adjacent to an activating group) is 1. The van der Waals surface area contributed by atoms with Crippen molar-refractivity contribution in [3.63, 3.8) is 0 Å². The number of aliphatic hydroxyl groups excluding tert-OH is 1. The molecule has 6 nitrogen and oxygen atoms in total. The van der Waals surface area contributed by atoms with Crippen LogP contribution in [0.5, 0.6) is 0 Å². The van der Waals surface area contributed by atoms with Crippen LogP contribution in [-0.4, -0.2) is 41.1 Å². The standard InChI is InChI=1S/C17H15N3O3/c1-10(21)15-16(22)20(17(23)19(15)2)14-8-7-11(9-18)12-5-3-4-6-13(12)14/h3-8,10,15,21H,1-2H3. The Balaban J connectivity index is 2.20. The molecule has 3 rings (SSSR count). The van der Waals surface area contributed by atoms with Gasteiger partial charge in [0.05, 0.1) is 23.4 Å². The van der Waals surface area contributed by atoms with E-state index in [2.05, 4.69) is 6.07 Å². The summed E-state index contributed by atoms with van der Waals surface area (Å²) in [6.07, 6.45) is -0.967. The van der Waals surface area contributed by atoms with Crippen molar-refractivity contribution in [3.05, 3.63) is 42.0 Å². The summed E-state index contributed by atoms with van der Waals surface area (Å²) in [6.45, 7) is 1.48. The van der Waals surface area contributed by atoms with Crippen molar-refractivity contribution in [3.8, 4) is 6.07 Å². The van der Waals surface area contributed by atoms with Gasteiger partial charge in [0.15, 0.2) is 0 Å². The summed E-state index contributed by atoms with van der Waals surface area (Å²) < 4.78 is 0. The summed E-state index contributed by atoms with van der Waals surface area (Å²) in [5.74, 6) is -0.470. The van der Waals surface area contributed by atoms with Gasteiger partial charge in [0.1, 0.15) is 6.04 Å². The van der Waals surface area contributed by atoms with Crippen LogP contribution in [0.1, 0.15) is 12.5 Å². The van der Waals surface area contributed by atoms with Crippen LogP contribution in [0.2, 0.25) is 0 Å². The zero-order chi connectivity index (χ0) is 16.7. The van der Waals surface area contributed by atoms with Crippen LogP contribution >= 0.6 is 0 Å². The lowest BCUT2D eigenvalue weighted by Crippen LogP contribution is -2.40. The number of urea groups is 1. The summed E-state index contributed by atoms with van der Waals surface area (Å²) >= 11 is 0. The maximum atomic E-state index is 12.6. The maximum absolute atomic E-state index is 12.6. The van der Waals surface area contributed by atoms with E-state index in [1.54, 1.807) is 36.4 Å². The minimum absolute atomic E-state index is 0.421. The third-order valence-electron chi connectivity index (χ3n) is 4.10. The van der Waals surface area contributed by atoms with E-state index in [0.29, 0.717) is 22.0 Å². The second-order valence-electron chi connectivity index (χ2n) is 5.54. The Labute approximate surface area is 133 Å². The van der Waals surface area contributed by atoms with Gasteiger partial charge in [0, 0.05) is 17.8 Å². The highest BCUT2D eigenvalue weighted by atomic mass is 16.3. The molecule has 2 unspecified atom stereocenters. The largest absolute Gasteiger partial charge is 0.391 e. The van der Waals surface area contributed by atoms with Gasteiger partial charge in [0.25, 0.3) is 5.91 Å². The lowest BCUT2D eigenvalue weighted by molar-refractivity contribution is -0.122. The van der Waals surface area contributed by atoms with Crippen molar-refractivity contribution in [2.45, 2.75) is 19.1 Å². The first kappa shape index (κ1) is 15.0. The molecule has 1 saturated heterocycles. The van der Waals surface area contributed by atoms with Gasteiger partial charge in [-0.05, 0) is 19.1 Å². The minimum Gasteiger partial charge on any atom is -0.391 e. The summed E-state index contributed by atoms with van der Waals surface area (Å²) in [5.41, 5.74) is 0.897. The van der Waals surface area contributed by atoms with Crippen LogP contribution < -0.4 is 4.90 Å². The van der Waals surface area contributed by atoms with E-state index in [4.69, 9.17) is 0 Å². The number of carbonyl (C=O) groups is 2. The van der Waals surface area contributed by atoms with E-state index < -0.39 is 24.1 Å². The van der Waals surface area contributed by atoms with E-state index in [9.17, 15) is 20.0 Å². The predicted molar refractivity (Wildman–Crippen MR) is 84.8 cm³/mol. The van der Waals surface area contributed by atoms with Gasteiger partial charge in [-0.25, -0.2) is 9.69 Å². The quantitative estimate of drug-likeness (QED) is 0.858. The molecule has 1 aliphatic heterocycles. The van der Waals surface area contributed by atoms with Crippen LogP contribution in [0.4, 0.5) is 10.5 Å². The first-order chi connectivity index (χ1) is 11.0. The first-order valence-corrected chi connectivity index (χ1v) is 7.18. The molecule has 0 aromatic heterocycles. The van der Waals surface area contributed by atoms with Gasteiger partial charge < -0.3 is 10.0 Å². The molecule has 2 aromatic rings. The highest BCUT2D eigenvalue weighted by Gasteiger charge is 2.46. The number of benzene rings is 2. The van der Waals surface area contributed by atoms with E-state index in [1.807, 2.05) is 0 Å². The average Bonchev–Trinajstić information content (AvgIpc) is 2.76. The first-order valence-electron chi connectivity index (χ1n) is 7.18. The van der Waals surface area contributed by atoms with E-state index in [0.717, 1.165) is 4.90 Å². The van der Waals surface area contributed by atoms with Gasteiger partial charge in [-0.2, -0.15) is 5.26 Å². The number of imide groups is 1. The molecule has 0 radical (unpaired) electrons. The van der Waals surface area contributed by atoms with Crippen molar-refractivity contribution in [1.82, 2.24) is 4.90 Å². The zero-order valence-corrected chi connectivity index (χ0v) is 12.7. The normalized spacial score (nSPS) is 19.3. The Bertz CT molecular complexity index is 854. The SMILES string of the molecule is CC(O)C1C(=O)N(c2ccc(C#N)c3ccccc23)C(=O)N1C. The van der Waals surface area contributed by atoms with Crippen molar-refractivity contribution >= 4 is 28.4 Å². The molecule has 2 aromatic carbocycles. The van der Waals surface area contributed by atoms with Crippen LogP contribution in [0.25, 0.3) is 10.8 Å². The molecule has 0 saturated carbocycles. The molecular formula is C17H15N3O3. The molecule has 6 heteroatoms. The van der Waals surface area contributed by atoms with Crippen LogP contribution in [0.15, 0.2) is 36.4 Å². The third kappa shape index (κ3) is 2.14. The predicted octanol–water partition coefficient (Wildman–Crippen LogP) is 1.86. The van der Waals surface area contributed by atoms with Gasteiger partial charge >= 0.3 is 6.03 Å². The summed E-state index contributed by atoms with van der Waals surface area (Å²) in [7, 11) is 1.49. The fourth-order valence-electron chi connectivity index (χ4n) is 3.00. The molecule has 2 atom stereocenters. The number of hydrogen-bond donors (Lipinski definition) is 1. The Morgan fingerprint density at radius 1 is 1.17 bits per heavy atom. The third-order valence-corrected chi connectivity index (χ3v) is 4.10. The molecule has 0 aliphatic carbocycles. The van der Waals surface area contributed by atoms with Crippen LogP contribution in [0, 0.1) is 11.3 Å². The van der Waals surface area contributed by atoms with Gasteiger partial charge in [-0.3, -0.25) is 4.79 Å². The maximum Gasteiger partial charge on any atom is 0.331 e. The topological polar surface area (TPSA) is 84.6 Å². The molecule has 1 N–H and O–H groups in total. The molecule has 23 heavy (non-hydrogen) atoms. The van der Waals surface area contributed by atoms with Gasteiger partial charge in [0.2, 0.25) is 0 Å². The highest BCUT2D eigenvalue weighted by molar-refractivity contribution is 6.24. The lowest BCUT2D eigenvalue weighted by atomic mass is 10.0. The monoisotopic (exact) mass is 309 g/mol. The number of fused-ring (bicyclic) bond motifs is 1.